The zero-order chi connectivity index (χ0) is 13.2. The Morgan fingerprint density at radius 3 is 2.63 bits per heavy atom. The largest absolute Gasteiger partial charge is 0.399 e. The summed E-state index contributed by atoms with van der Waals surface area (Å²) in [5.41, 5.74) is 8.58. The fraction of sp³-hybridized carbons (Fsp3) is 0. The maximum atomic E-state index is 11.9. The van der Waals surface area contributed by atoms with E-state index in [1.165, 1.54) is 0 Å². The first-order chi connectivity index (χ1) is 9.25. The molecule has 0 radical (unpaired) electrons. The first kappa shape index (κ1) is 11.3. The summed E-state index contributed by atoms with van der Waals surface area (Å²) in [7, 11) is 0. The molecule has 2 aromatic heterocycles. The highest BCUT2D eigenvalue weighted by atomic mass is 16.1. The van der Waals surface area contributed by atoms with Crippen LogP contribution in [0.5, 0.6) is 0 Å². The second kappa shape index (κ2) is 4.45. The van der Waals surface area contributed by atoms with E-state index in [-0.39, 0.29) is 5.69 Å². The minimum atomic E-state index is -0.195. The van der Waals surface area contributed by atoms with Crippen molar-refractivity contribution in [2.45, 2.75) is 0 Å². The van der Waals surface area contributed by atoms with E-state index in [0.29, 0.717) is 5.69 Å². The van der Waals surface area contributed by atoms with E-state index in [0.717, 1.165) is 16.9 Å². The van der Waals surface area contributed by atoms with E-state index in [9.17, 15) is 4.79 Å². The third-order valence-corrected chi connectivity index (χ3v) is 2.89. The van der Waals surface area contributed by atoms with Gasteiger partial charge >= 0.3 is 5.69 Å². The zero-order valence-electron chi connectivity index (χ0n) is 10.1. The van der Waals surface area contributed by atoms with E-state index >= 15 is 0 Å². The molecule has 0 fully saturated rings. The molecule has 0 spiro atoms. The molecule has 0 saturated heterocycles. The highest BCUT2D eigenvalue weighted by molar-refractivity contribution is 5.63. The topological polar surface area (TPSA) is 76.7 Å². The van der Waals surface area contributed by atoms with Crippen LogP contribution in [-0.4, -0.2) is 14.5 Å². The van der Waals surface area contributed by atoms with Gasteiger partial charge in [-0.3, -0.25) is 9.55 Å². The Kier molecular flexibility index (Phi) is 2.64. The molecule has 94 valence electrons. The van der Waals surface area contributed by atoms with Crippen LogP contribution in [0, 0.1) is 0 Å². The summed E-state index contributed by atoms with van der Waals surface area (Å²) < 4.78 is 1.58. The average molecular weight is 252 g/mol. The maximum Gasteiger partial charge on any atom is 0.330 e. The van der Waals surface area contributed by atoms with Gasteiger partial charge in [0.2, 0.25) is 0 Å². The smallest absolute Gasteiger partial charge is 0.330 e. The minimum Gasteiger partial charge on any atom is -0.399 e. The fourth-order valence-electron chi connectivity index (χ4n) is 1.98. The van der Waals surface area contributed by atoms with E-state index in [2.05, 4.69) is 9.97 Å². The van der Waals surface area contributed by atoms with Gasteiger partial charge in [-0.2, -0.15) is 0 Å². The number of hydrogen-bond acceptors (Lipinski definition) is 3. The van der Waals surface area contributed by atoms with Crippen LogP contribution in [0.25, 0.3) is 16.9 Å². The number of nitrogens with one attached hydrogen (secondary N) is 1. The monoisotopic (exact) mass is 252 g/mol. The molecule has 3 N–H and O–H groups in total. The summed E-state index contributed by atoms with van der Waals surface area (Å²) in [6.45, 7) is 0. The molecule has 0 aliphatic heterocycles. The standard InChI is InChI=1S/C14H12N4O/c15-11-5-3-10(4-6-11)13-9-17-14(19)18(13)12-2-1-7-16-8-12/h1-9H,15H2,(H,17,19). The first-order valence-corrected chi connectivity index (χ1v) is 5.82. The first-order valence-electron chi connectivity index (χ1n) is 5.82. The molecule has 19 heavy (non-hydrogen) atoms. The number of nitrogens with zero attached hydrogens (tertiary/aromatic N) is 2. The lowest BCUT2D eigenvalue weighted by Gasteiger charge is -2.07. The Balaban J connectivity index is 2.19. The van der Waals surface area contributed by atoms with Gasteiger partial charge in [-0.15, -0.1) is 0 Å². The van der Waals surface area contributed by atoms with Crippen LogP contribution in [0.1, 0.15) is 0 Å². The Morgan fingerprint density at radius 1 is 1.16 bits per heavy atom. The number of anilines is 1. The van der Waals surface area contributed by atoms with Gasteiger partial charge in [0, 0.05) is 23.6 Å². The number of aromatic amines is 1. The number of hydrogen-bond donors (Lipinski definition) is 2. The van der Waals surface area contributed by atoms with E-state index in [1.807, 2.05) is 18.2 Å². The van der Waals surface area contributed by atoms with Gasteiger partial charge < -0.3 is 10.7 Å². The lowest BCUT2D eigenvalue weighted by atomic mass is 10.1. The van der Waals surface area contributed by atoms with Crippen LogP contribution in [0.3, 0.4) is 0 Å². The summed E-state index contributed by atoms with van der Waals surface area (Å²) in [5.74, 6) is 0. The predicted octanol–water partition coefficient (Wildman–Crippen LogP) is 1.81. The normalized spacial score (nSPS) is 10.5. The van der Waals surface area contributed by atoms with Gasteiger partial charge in [0.05, 0.1) is 17.6 Å². The molecular weight excluding hydrogens is 240 g/mol. The molecular formula is C14H12N4O. The number of H-pyrrole nitrogens is 1. The number of nitrogens with two attached hydrogens (primary N) is 1. The number of nitrogen functional groups attached to an aromatic ring is 1. The molecule has 3 rings (SSSR count). The summed E-state index contributed by atoms with van der Waals surface area (Å²) >= 11 is 0. The van der Waals surface area contributed by atoms with Crippen molar-refractivity contribution < 1.29 is 0 Å². The molecule has 2 heterocycles. The Hall–Kier alpha value is -2.82. The maximum absolute atomic E-state index is 11.9. The van der Waals surface area contributed by atoms with Crippen LogP contribution in [0.2, 0.25) is 0 Å². The van der Waals surface area contributed by atoms with Gasteiger partial charge in [0.15, 0.2) is 0 Å². The number of pyridine rings is 1. The lowest BCUT2D eigenvalue weighted by molar-refractivity contribution is 0.982. The van der Waals surface area contributed by atoms with Crippen LogP contribution < -0.4 is 11.4 Å². The number of rotatable bonds is 2. The molecule has 0 atom stereocenters. The van der Waals surface area contributed by atoms with E-state index < -0.39 is 0 Å². The Labute approximate surface area is 109 Å². The molecule has 0 aliphatic carbocycles. The fourth-order valence-corrected chi connectivity index (χ4v) is 1.98. The molecule has 0 saturated carbocycles. The minimum absolute atomic E-state index is 0.195. The van der Waals surface area contributed by atoms with Crippen LogP contribution in [0.15, 0.2) is 59.8 Å². The van der Waals surface area contributed by atoms with Crippen LogP contribution in [-0.2, 0) is 0 Å². The number of aromatic nitrogens is 3. The second-order valence-electron chi connectivity index (χ2n) is 4.15. The number of benzene rings is 1. The second-order valence-corrected chi connectivity index (χ2v) is 4.15. The SMILES string of the molecule is Nc1ccc(-c2c[nH]c(=O)n2-c2cccnc2)cc1. The van der Waals surface area contributed by atoms with Crippen molar-refractivity contribution in [3.05, 3.63) is 65.5 Å². The third-order valence-electron chi connectivity index (χ3n) is 2.89. The van der Waals surface area contributed by atoms with Crippen molar-refractivity contribution in [2.24, 2.45) is 0 Å². The quantitative estimate of drug-likeness (QED) is 0.683. The van der Waals surface area contributed by atoms with Crippen LogP contribution >= 0.6 is 0 Å². The molecule has 3 aromatic rings. The number of imidazole rings is 1. The van der Waals surface area contributed by atoms with Gasteiger partial charge in [-0.05, 0) is 24.3 Å². The van der Waals surface area contributed by atoms with Gasteiger partial charge in [-0.1, -0.05) is 12.1 Å². The van der Waals surface area contributed by atoms with Crippen molar-refractivity contribution in [3.63, 3.8) is 0 Å². The molecule has 5 heteroatoms. The molecule has 0 aliphatic rings. The molecule has 0 unspecified atom stereocenters. The summed E-state index contributed by atoms with van der Waals surface area (Å²) in [5, 5.41) is 0. The highest BCUT2D eigenvalue weighted by Gasteiger charge is 2.10. The van der Waals surface area contributed by atoms with E-state index in [4.69, 9.17) is 5.73 Å². The average Bonchev–Trinajstić information content (AvgIpc) is 2.82. The van der Waals surface area contributed by atoms with E-state index in [1.54, 1.807) is 41.4 Å². The van der Waals surface area contributed by atoms with Gasteiger partial charge in [0.1, 0.15) is 0 Å². The summed E-state index contributed by atoms with van der Waals surface area (Å²) in [4.78, 5) is 18.7. The molecule has 5 nitrogen and oxygen atoms in total. The van der Waals surface area contributed by atoms with Gasteiger partial charge in [-0.25, -0.2) is 4.79 Å². The summed E-state index contributed by atoms with van der Waals surface area (Å²) in [6.07, 6.45) is 5.00. The molecule has 0 amide bonds. The summed E-state index contributed by atoms with van der Waals surface area (Å²) in [6, 6.07) is 11.0. The molecule has 0 bridgehead atoms. The Morgan fingerprint density at radius 2 is 1.95 bits per heavy atom. The third kappa shape index (κ3) is 2.01. The molecule has 1 aromatic carbocycles. The van der Waals surface area contributed by atoms with Crippen molar-refractivity contribution in [3.8, 4) is 16.9 Å². The zero-order valence-corrected chi connectivity index (χ0v) is 10.1. The van der Waals surface area contributed by atoms with Gasteiger partial charge in [0.25, 0.3) is 0 Å². The van der Waals surface area contributed by atoms with Crippen LogP contribution in [0.4, 0.5) is 5.69 Å². The predicted molar refractivity (Wildman–Crippen MR) is 74.0 cm³/mol. The van der Waals surface area contributed by atoms with Crippen molar-refractivity contribution in [2.75, 3.05) is 5.73 Å². The lowest BCUT2D eigenvalue weighted by Crippen LogP contribution is -2.15. The van der Waals surface area contributed by atoms with Crippen molar-refractivity contribution in [1.82, 2.24) is 14.5 Å². The van der Waals surface area contributed by atoms with Crippen molar-refractivity contribution in [1.29, 1.82) is 0 Å². The highest BCUT2D eigenvalue weighted by Crippen LogP contribution is 2.21. The Bertz CT molecular complexity index is 741. The van der Waals surface area contributed by atoms with Crippen molar-refractivity contribution >= 4 is 5.69 Å².